The van der Waals surface area contributed by atoms with Crippen molar-refractivity contribution >= 4 is 34.5 Å². The largest absolute Gasteiger partial charge is 0.465 e. The van der Waals surface area contributed by atoms with Crippen molar-refractivity contribution in [2.45, 2.75) is 31.5 Å². The molecular weight excluding hydrogens is 517 g/mol. The number of hydrogen-bond acceptors (Lipinski definition) is 7. The number of para-hydroxylation sites is 2. The highest BCUT2D eigenvalue weighted by Crippen LogP contribution is 2.31. The van der Waals surface area contributed by atoms with E-state index >= 15 is 4.39 Å². The van der Waals surface area contributed by atoms with Gasteiger partial charge in [0.1, 0.15) is 23.9 Å². The Morgan fingerprint density at radius 2 is 1.85 bits per heavy atom. The second kappa shape index (κ2) is 12.0. The lowest BCUT2D eigenvalue weighted by Crippen LogP contribution is -2.47. The van der Waals surface area contributed by atoms with Gasteiger partial charge in [0, 0.05) is 13.2 Å². The number of amides is 2. The van der Waals surface area contributed by atoms with Crippen LogP contribution in [0.2, 0.25) is 0 Å². The van der Waals surface area contributed by atoms with Gasteiger partial charge in [-0.3, -0.25) is 14.5 Å². The molecular formula is C29H28FN5O5. The maximum Gasteiger partial charge on any atom is 0.337 e. The Morgan fingerprint density at radius 3 is 2.58 bits per heavy atom. The first-order valence-corrected chi connectivity index (χ1v) is 12.9. The number of nitrogens with zero attached hydrogens (tertiary/aromatic N) is 4. The highest BCUT2D eigenvalue weighted by Gasteiger charge is 2.35. The number of carbonyl (C=O) groups excluding carboxylic acids is 3. The molecule has 2 atom stereocenters. The number of esters is 1. The van der Waals surface area contributed by atoms with Crippen molar-refractivity contribution in [2.75, 3.05) is 25.2 Å². The number of anilines is 1. The number of fused-ring (bicyclic) bond motifs is 1. The fourth-order valence-electron chi connectivity index (χ4n) is 4.76. The van der Waals surface area contributed by atoms with Gasteiger partial charge in [0.2, 0.25) is 11.8 Å². The summed E-state index contributed by atoms with van der Waals surface area (Å²) in [5.41, 5.74) is 1.77. The van der Waals surface area contributed by atoms with Crippen LogP contribution in [-0.2, 0) is 25.6 Å². The molecule has 5 rings (SSSR count). The SMILES string of the molecule is COC(=O)c1ccc([C@H](C(=O)NC[C@@H]2CCCO2)N(C(=O)Cn2nnc3ccccc32)c2ccccc2F)cc1. The van der Waals surface area contributed by atoms with E-state index in [1.165, 1.54) is 42.1 Å². The minimum absolute atomic E-state index is 0.0776. The van der Waals surface area contributed by atoms with E-state index in [9.17, 15) is 14.4 Å². The van der Waals surface area contributed by atoms with E-state index in [0.29, 0.717) is 23.2 Å². The van der Waals surface area contributed by atoms with Crippen LogP contribution < -0.4 is 10.2 Å². The maximum absolute atomic E-state index is 15.3. The van der Waals surface area contributed by atoms with Crippen LogP contribution in [0.5, 0.6) is 0 Å². The summed E-state index contributed by atoms with van der Waals surface area (Å²) in [7, 11) is 1.27. The van der Waals surface area contributed by atoms with Crippen molar-refractivity contribution in [3.63, 3.8) is 0 Å². The van der Waals surface area contributed by atoms with Crippen LogP contribution in [0.15, 0.2) is 72.8 Å². The molecule has 0 saturated carbocycles. The average Bonchev–Trinajstić information content (AvgIpc) is 3.65. The Hall–Kier alpha value is -4.64. The smallest absolute Gasteiger partial charge is 0.337 e. The number of aromatic nitrogens is 3. The van der Waals surface area contributed by atoms with Gasteiger partial charge in [0.25, 0.3) is 0 Å². The number of hydrogen-bond donors (Lipinski definition) is 1. The molecule has 206 valence electrons. The average molecular weight is 546 g/mol. The highest BCUT2D eigenvalue weighted by atomic mass is 19.1. The maximum atomic E-state index is 15.3. The van der Waals surface area contributed by atoms with Gasteiger partial charge in [0.05, 0.1) is 30.0 Å². The third kappa shape index (κ3) is 5.69. The first kappa shape index (κ1) is 26.9. The lowest BCUT2D eigenvalue weighted by atomic mass is 10.0. The predicted octanol–water partition coefficient (Wildman–Crippen LogP) is 3.43. The van der Waals surface area contributed by atoms with Crippen LogP contribution >= 0.6 is 0 Å². The molecule has 10 nitrogen and oxygen atoms in total. The first-order valence-electron chi connectivity index (χ1n) is 12.9. The predicted molar refractivity (Wildman–Crippen MR) is 144 cm³/mol. The summed E-state index contributed by atoms with van der Waals surface area (Å²) in [6, 6.07) is 17.7. The van der Waals surface area contributed by atoms with E-state index in [-0.39, 0.29) is 30.4 Å². The number of benzene rings is 3. The summed E-state index contributed by atoms with van der Waals surface area (Å²) in [6.45, 7) is 0.553. The molecule has 1 fully saturated rings. The minimum atomic E-state index is -1.27. The summed E-state index contributed by atoms with van der Waals surface area (Å²) >= 11 is 0. The molecule has 2 amide bonds. The molecule has 3 aromatic carbocycles. The van der Waals surface area contributed by atoms with Gasteiger partial charge in [0.15, 0.2) is 0 Å². The molecule has 4 aromatic rings. The number of ether oxygens (including phenoxy) is 2. The van der Waals surface area contributed by atoms with Gasteiger partial charge in [-0.2, -0.15) is 0 Å². The van der Waals surface area contributed by atoms with Crippen molar-refractivity contribution in [1.29, 1.82) is 0 Å². The van der Waals surface area contributed by atoms with Crippen molar-refractivity contribution < 1.29 is 28.2 Å². The van der Waals surface area contributed by atoms with E-state index < -0.39 is 29.6 Å². The zero-order valence-corrected chi connectivity index (χ0v) is 21.8. The van der Waals surface area contributed by atoms with Crippen LogP contribution in [0.1, 0.15) is 34.8 Å². The van der Waals surface area contributed by atoms with Crippen LogP contribution in [-0.4, -0.2) is 59.1 Å². The Balaban J connectivity index is 1.55. The van der Waals surface area contributed by atoms with E-state index in [0.717, 1.165) is 17.7 Å². The Bertz CT molecular complexity index is 1520. The molecule has 0 unspecified atom stereocenters. The second-order valence-electron chi connectivity index (χ2n) is 9.35. The Morgan fingerprint density at radius 1 is 1.10 bits per heavy atom. The molecule has 1 aromatic heterocycles. The zero-order valence-electron chi connectivity index (χ0n) is 21.8. The molecule has 1 aliphatic heterocycles. The van der Waals surface area contributed by atoms with Crippen molar-refractivity contribution in [1.82, 2.24) is 20.3 Å². The second-order valence-corrected chi connectivity index (χ2v) is 9.35. The number of nitrogens with one attached hydrogen (secondary N) is 1. The topological polar surface area (TPSA) is 116 Å². The van der Waals surface area contributed by atoms with Crippen LogP contribution in [0.3, 0.4) is 0 Å². The lowest BCUT2D eigenvalue weighted by molar-refractivity contribution is -0.127. The standard InChI is InChI=1S/C29H28FN5O5/c1-39-29(38)20-14-12-19(13-15-20)27(28(37)31-17-21-7-6-16-40-21)35(24-10-4-2-8-22(24)30)26(36)18-34-25-11-5-3-9-23(25)32-33-34/h2-5,8-15,21,27H,6-7,16-18H2,1H3,(H,31,37)/t21-,27+/m0/s1. The van der Waals surface area contributed by atoms with Crippen LogP contribution in [0, 0.1) is 5.82 Å². The van der Waals surface area contributed by atoms with E-state index in [2.05, 4.69) is 15.6 Å². The van der Waals surface area contributed by atoms with Gasteiger partial charge in [-0.05, 0) is 54.8 Å². The van der Waals surface area contributed by atoms with Crippen LogP contribution in [0.4, 0.5) is 10.1 Å². The molecule has 1 N–H and O–H groups in total. The zero-order chi connectivity index (χ0) is 28.1. The third-order valence-corrected chi connectivity index (χ3v) is 6.77. The molecule has 0 aliphatic carbocycles. The van der Waals surface area contributed by atoms with Crippen molar-refractivity contribution in [2.24, 2.45) is 0 Å². The van der Waals surface area contributed by atoms with Crippen LogP contribution in [0.25, 0.3) is 11.0 Å². The van der Waals surface area contributed by atoms with E-state index in [1.807, 2.05) is 0 Å². The number of carbonyl (C=O) groups is 3. The lowest BCUT2D eigenvalue weighted by Gasteiger charge is -2.32. The van der Waals surface area contributed by atoms with E-state index in [4.69, 9.17) is 9.47 Å². The fraction of sp³-hybridized carbons (Fsp3) is 0.276. The normalized spacial score (nSPS) is 15.5. The van der Waals surface area contributed by atoms with Gasteiger partial charge in [-0.15, -0.1) is 5.10 Å². The summed E-state index contributed by atoms with van der Waals surface area (Å²) < 4.78 is 27.1. The van der Waals surface area contributed by atoms with E-state index in [1.54, 1.807) is 42.5 Å². The van der Waals surface area contributed by atoms with Gasteiger partial charge in [-0.25, -0.2) is 13.9 Å². The third-order valence-electron chi connectivity index (χ3n) is 6.77. The Kier molecular flexibility index (Phi) is 8.11. The molecule has 40 heavy (non-hydrogen) atoms. The summed E-state index contributed by atoms with van der Waals surface area (Å²) in [4.78, 5) is 41.0. The van der Waals surface area contributed by atoms with Gasteiger partial charge in [-0.1, -0.05) is 41.6 Å². The number of halogens is 1. The van der Waals surface area contributed by atoms with Gasteiger partial charge >= 0.3 is 5.97 Å². The first-order chi connectivity index (χ1) is 19.5. The molecule has 0 bridgehead atoms. The summed E-state index contributed by atoms with van der Waals surface area (Å²) in [5, 5.41) is 11.1. The molecule has 1 aliphatic rings. The molecule has 1 saturated heterocycles. The van der Waals surface area contributed by atoms with Crippen molar-refractivity contribution in [3.05, 3.63) is 89.7 Å². The summed E-state index contributed by atoms with van der Waals surface area (Å²) in [5.74, 6) is -2.34. The molecule has 0 radical (unpaired) electrons. The molecule has 2 heterocycles. The quantitative estimate of drug-likeness (QED) is 0.321. The Labute approximate surface area is 229 Å². The summed E-state index contributed by atoms with van der Waals surface area (Å²) in [6.07, 6.45) is 1.55. The number of methoxy groups -OCH3 is 1. The molecule has 0 spiro atoms. The molecule has 11 heteroatoms. The van der Waals surface area contributed by atoms with Crippen molar-refractivity contribution in [3.8, 4) is 0 Å². The number of rotatable bonds is 9. The highest BCUT2D eigenvalue weighted by molar-refractivity contribution is 6.01. The van der Waals surface area contributed by atoms with Gasteiger partial charge < -0.3 is 14.8 Å². The monoisotopic (exact) mass is 545 g/mol. The minimum Gasteiger partial charge on any atom is -0.465 e. The fourth-order valence-corrected chi connectivity index (χ4v) is 4.76.